The number of piperidine rings is 1. The average molecular weight is 581 g/mol. The van der Waals surface area contributed by atoms with E-state index in [0.717, 1.165) is 12.3 Å². The van der Waals surface area contributed by atoms with Gasteiger partial charge in [0.1, 0.15) is 6.04 Å². The molecule has 1 atom stereocenters. The van der Waals surface area contributed by atoms with E-state index < -0.39 is 39.7 Å². The number of rotatable bonds is 6. The Hall–Kier alpha value is -3.77. The van der Waals surface area contributed by atoms with Crippen LogP contribution in [0.25, 0.3) is 11.1 Å². The van der Waals surface area contributed by atoms with Crippen LogP contribution in [0, 0.1) is 0 Å². The Morgan fingerprint density at radius 2 is 1.72 bits per heavy atom. The summed E-state index contributed by atoms with van der Waals surface area (Å²) in [5, 5.41) is 5.66. The van der Waals surface area contributed by atoms with Crippen LogP contribution in [0.2, 0.25) is 5.02 Å². The summed E-state index contributed by atoms with van der Waals surface area (Å²) in [5.74, 6) is -0.549. The predicted octanol–water partition coefficient (Wildman–Crippen LogP) is 5.71. The molecule has 0 radical (unpaired) electrons. The number of benzene rings is 3. The van der Waals surface area contributed by atoms with Gasteiger partial charge in [-0.25, -0.2) is 13.2 Å². The van der Waals surface area contributed by atoms with Crippen molar-refractivity contribution in [3.8, 4) is 11.1 Å². The summed E-state index contributed by atoms with van der Waals surface area (Å²) in [7, 11) is -3.76. The van der Waals surface area contributed by atoms with Crippen molar-refractivity contribution in [2.45, 2.75) is 25.1 Å². The third-order valence-corrected chi connectivity index (χ3v) is 6.82. The maximum atomic E-state index is 14.2. The lowest BCUT2D eigenvalue weighted by atomic mass is 9.96. The Morgan fingerprint density at radius 1 is 1.03 bits per heavy atom. The van der Waals surface area contributed by atoms with Gasteiger partial charge >= 0.3 is 12.2 Å². The Labute approximate surface area is 228 Å². The van der Waals surface area contributed by atoms with Gasteiger partial charge in [0.05, 0.1) is 17.5 Å². The first-order chi connectivity index (χ1) is 18.3. The molecule has 3 aromatic rings. The second-order valence-electron chi connectivity index (χ2n) is 8.94. The quantitative estimate of drug-likeness (QED) is 0.347. The van der Waals surface area contributed by atoms with Crippen molar-refractivity contribution in [2.24, 2.45) is 0 Å². The highest BCUT2D eigenvalue weighted by atomic mass is 35.5. The van der Waals surface area contributed by atoms with Crippen LogP contribution in [0.3, 0.4) is 0 Å². The summed E-state index contributed by atoms with van der Waals surface area (Å²) in [6.07, 6.45) is -3.14. The van der Waals surface area contributed by atoms with Gasteiger partial charge in [-0.1, -0.05) is 35.9 Å². The molecule has 1 aliphatic rings. The fourth-order valence-electron chi connectivity index (χ4n) is 4.30. The minimum atomic E-state index is -4.81. The number of para-hydroxylation sites is 1. The van der Waals surface area contributed by atoms with Crippen LogP contribution in [0.1, 0.15) is 18.4 Å². The molecule has 1 heterocycles. The zero-order valence-corrected chi connectivity index (χ0v) is 22.1. The lowest BCUT2D eigenvalue weighted by Crippen LogP contribution is -2.53. The standard InChI is InChI=1S/C26H24ClF3N4O4S/c1-39(37,38)33-22-6-3-2-5-20(22)19-13-12-18(15-21(19)26(28,29)30)34-14-4-7-23(24(34)35)32-25(36)31-17-10-8-16(27)9-11-17/h2-3,5-6,8-13,15,23,33H,4,7,14H2,1H3,(H2,31,32,36)/t23-/m1/s1. The zero-order valence-electron chi connectivity index (χ0n) is 20.5. The fourth-order valence-corrected chi connectivity index (χ4v) is 5.00. The lowest BCUT2D eigenvalue weighted by Gasteiger charge is -2.33. The number of amides is 3. The summed E-state index contributed by atoms with van der Waals surface area (Å²) in [5.41, 5.74) is -0.804. The van der Waals surface area contributed by atoms with Gasteiger partial charge in [-0.3, -0.25) is 9.52 Å². The van der Waals surface area contributed by atoms with Crippen molar-refractivity contribution in [2.75, 3.05) is 27.7 Å². The van der Waals surface area contributed by atoms with Crippen molar-refractivity contribution in [3.63, 3.8) is 0 Å². The maximum Gasteiger partial charge on any atom is 0.417 e. The molecular weight excluding hydrogens is 557 g/mol. The number of sulfonamides is 1. The number of carbonyl (C=O) groups excluding carboxylic acids is 2. The molecule has 0 aliphatic carbocycles. The van der Waals surface area contributed by atoms with Gasteiger partial charge in [0.25, 0.3) is 0 Å². The smallest absolute Gasteiger partial charge is 0.326 e. The van der Waals surface area contributed by atoms with Gasteiger partial charge in [-0.15, -0.1) is 0 Å². The number of nitrogens with zero attached hydrogens (tertiary/aromatic N) is 1. The molecular formula is C26H24ClF3N4O4S. The van der Waals surface area contributed by atoms with Gasteiger partial charge in [-0.2, -0.15) is 13.2 Å². The summed E-state index contributed by atoms with van der Waals surface area (Å²) in [6.45, 7) is 0.165. The molecule has 3 aromatic carbocycles. The minimum absolute atomic E-state index is 0.00855. The summed E-state index contributed by atoms with van der Waals surface area (Å²) >= 11 is 5.84. The Balaban J connectivity index is 1.60. The molecule has 8 nitrogen and oxygen atoms in total. The Kier molecular flexibility index (Phi) is 8.07. The van der Waals surface area contributed by atoms with E-state index in [4.69, 9.17) is 11.6 Å². The van der Waals surface area contributed by atoms with Crippen molar-refractivity contribution in [1.82, 2.24) is 5.32 Å². The molecule has 4 rings (SSSR count). The first-order valence-electron chi connectivity index (χ1n) is 11.7. The van der Waals surface area contributed by atoms with E-state index in [-0.39, 0.29) is 29.0 Å². The maximum absolute atomic E-state index is 14.2. The lowest BCUT2D eigenvalue weighted by molar-refractivity contribution is -0.137. The van der Waals surface area contributed by atoms with Crippen LogP contribution < -0.4 is 20.3 Å². The molecule has 0 unspecified atom stereocenters. The van der Waals surface area contributed by atoms with E-state index in [0.29, 0.717) is 23.6 Å². The number of nitrogens with one attached hydrogen (secondary N) is 3. The summed E-state index contributed by atoms with van der Waals surface area (Å²) in [4.78, 5) is 26.8. The van der Waals surface area contributed by atoms with E-state index in [9.17, 15) is 31.2 Å². The number of urea groups is 1. The number of anilines is 3. The first-order valence-corrected chi connectivity index (χ1v) is 14.0. The predicted molar refractivity (Wildman–Crippen MR) is 144 cm³/mol. The van der Waals surface area contributed by atoms with E-state index >= 15 is 0 Å². The number of alkyl halides is 3. The highest BCUT2D eigenvalue weighted by Gasteiger charge is 2.37. The number of hydrogen-bond donors (Lipinski definition) is 3. The van der Waals surface area contributed by atoms with Crippen molar-refractivity contribution < 1.29 is 31.2 Å². The van der Waals surface area contributed by atoms with E-state index in [2.05, 4.69) is 15.4 Å². The second kappa shape index (κ2) is 11.1. The molecule has 1 aliphatic heterocycles. The van der Waals surface area contributed by atoms with Gasteiger partial charge in [0.15, 0.2) is 0 Å². The third-order valence-electron chi connectivity index (χ3n) is 5.98. The van der Waals surface area contributed by atoms with Crippen LogP contribution in [0.4, 0.5) is 35.0 Å². The molecule has 13 heteroatoms. The second-order valence-corrected chi connectivity index (χ2v) is 11.1. The van der Waals surface area contributed by atoms with Crippen LogP contribution >= 0.6 is 11.6 Å². The molecule has 0 aromatic heterocycles. The third kappa shape index (κ3) is 7.01. The summed E-state index contributed by atoms with van der Waals surface area (Å²) < 4.78 is 68.4. The Morgan fingerprint density at radius 3 is 2.38 bits per heavy atom. The SMILES string of the molecule is CS(=O)(=O)Nc1ccccc1-c1ccc(N2CCC[C@@H](NC(=O)Nc3ccc(Cl)cc3)C2=O)cc1C(F)(F)F. The van der Waals surface area contributed by atoms with Gasteiger partial charge in [0, 0.05) is 28.5 Å². The first kappa shape index (κ1) is 28.2. The van der Waals surface area contributed by atoms with Crippen molar-refractivity contribution in [3.05, 3.63) is 77.3 Å². The minimum Gasteiger partial charge on any atom is -0.326 e. The number of hydrogen-bond acceptors (Lipinski definition) is 4. The molecule has 0 spiro atoms. The molecule has 3 N–H and O–H groups in total. The van der Waals surface area contributed by atoms with Crippen LogP contribution in [-0.4, -0.2) is 39.2 Å². The van der Waals surface area contributed by atoms with Gasteiger partial charge in [0.2, 0.25) is 15.9 Å². The van der Waals surface area contributed by atoms with E-state index in [1.165, 1.54) is 41.3 Å². The van der Waals surface area contributed by atoms with Gasteiger partial charge in [-0.05, 0) is 60.9 Å². The monoisotopic (exact) mass is 580 g/mol. The molecule has 0 bridgehead atoms. The van der Waals surface area contributed by atoms with Gasteiger partial charge < -0.3 is 15.5 Å². The summed E-state index contributed by atoms with van der Waals surface area (Å²) in [6, 6.07) is 13.9. The van der Waals surface area contributed by atoms with Crippen LogP contribution in [0.15, 0.2) is 66.7 Å². The number of carbonyl (C=O) groups is 2. The zero-order chi connectivity index (χ0) is 28.4. The molecule has 39 heavy (non-hydrogen) atoms. The van der Waals surface area contributed by atoms with E-state index in [1.807, 2.05) is 0 Å². The molecule has 1 saturated heterocycles. The fraction of sp³-hybridized carbons (Fsp3) is 0.231. The largest absolute Gasteiger partial charge is 0.417 e. The van der Waals surface area contributed by atoms with Crippen LogP contribution in [0.5, 0.6) is 0 Å². The normalized spacial score (nSPS) is 16.1. The average Bonchev–Trinajstić information content (AvgIpc) is 2.85. The van der Waals surface area contributed by atoms with Crippen LogP contribution in [-0.2, 0) is 21.0 Å². The van der Waals surface area contributed by atoms with E-state index in [1.54, 1.807) is 24.3 Å². The van der Waals surface area contributed by atoms with Crippen molar-refractivity contribution in [1.29, 1.82) is 0 Å². The highest BCUT2D eigenvalue weighted by molar-refractivity contribution is 7.92. The van der Waals surface area contributed by atoms with Crippen molar-refractivity contribution >= 4 is 50.6 Å². The highest BCUT2D eigenvalue weighted by Crippen LogP contribution is 2.42. The topological polar surface area (TPSA) is 108 Å². The molecule has 0 saturated carbocycles. The molecule has 1 fully saturated rings. The molecule has 3 amide bonds. The Bertz CT molecular complexity index is 1500. The number of halogens is 4. The molecule has 206 valence electrons.